The van der Waals surface area contributed by atoms with Crippen LogP contribution >= 0.6 is 0 Å². The van der Waals surface area contributed by atoms with Crippen LogP contribution in [-0.2, 0) is 0 Å². The second-order valence-electron chi connectivity index (χ2n) is 12.3. The molecule has 5 nitrogen and oxygen atoms in total. The summed E-state index contributed by atoms with van der Waals surface area (Å²) in [6, 6.07) is 55.9. The molecule has 0 aliphatic rings. The number of fused-ring (bicyclic) bond motifs is 6. The van der Waals surface area contributed by atoms with Crippen LogP contribution in [0.3, 0.4) is 0 Å². The first-order chi connectivity index (χ1) is 24.6. The van der Waals surface area contributed by atoms with Gasteiger partial charge in [0.25, 0.3) is 0 Å². The molecule has 0 amide bonds. The minimum absolute atomic E-state index is 0.581. The van der Waals surface area contributed by atoms with Gasteiger partial charge in [0.2, 0.25) is 0 Å². The van der Waals surface area contributed by atoms with Gasteiger partial charge in [0, 0.05) is 27.5 Å². The van der Waals surface area contributed by atoms with Gasteiger partial charge in [-0.05, 0) is 107 Å². The second kappa shape index (κ2) is 11.4. The van der Waals surface area contributed by atoms with Crippen molar-refractivity contribution in [3.8, 4) is 45.8 Å². The van der Waals surface area contributed by atoms with Crippen molar-refractivity contribution in [3.63, 3.8) is 0 Å². The van der Waals surface area contributed by atoms with Gasteiger partial charge in [-0.1, -0.05) is 72.8 Å². The van der Waals surface area contributed by atoms with E-state index < -0.39 is 0 Å². The predicted molar refractivity (Wildman–Crippen MR) is 202 cm³/mol. The lowest BCUT2D eigenvalue weighted by Gasteiger charge is -2.15. The fourth-order valence-corrected chi connectivity index (χ4v) is 7.36. The van der Waals surface area contributed by atoms with Gasteiger partial charge in [0.05, 0.1) is 51.9 Å². The van der Waals surface area contributed by atoms with Crippen molar-refractivity contribution in [2.45, 2.75) is 0 Å². The van der Waals surface area contributed by atoms with Gasteiger partial charge in [-0.2, -0.15) is 10.5 Å². The molecule has 0 spiro atoms. The molecule has 0 bridgehead atoms. The van der Waals surface area contributed by atoms with Crippen LogP contribution in [0.4, 0.5) is 5.69 Å². The molecule has 0 radical (unpaired) electrons. The van der Waals surface area contributed by atoms with Gasteiger partial charge in [0.15, 0.2) is 5.69 Å². The number of aromatic nitrogens is 2. The van der Waals surface area contributed by atoms with E-state index in [0.717, 1.165) is 77.2 Å². The third-order valence-corrected chi connectivity index (χ3v) is 9.57. The maximum Gasteiger partial charge on any atom is 0.188 e. The molecule has 5 heteroatoms. The summed E-state index contributed by atoms with van der Waals surface area (Å²) in [5, 5.41) is 23.3. The maximum atomic E-state index is 9.64. The van der Waals surface area contributed by atoms with Crippen LogP contribution in [0.15, 0.2) is 152 Å². The Bertz CT molecular complexity index is 2900. The smallest absolute Gasteiger partial charge is 0.188 e. The molecule has 50 heavy (non-hydrogen) atoms. The molecule has 0 fully saturated rings. The zero-order valence-corrected chi connectivity index (χ0v) is 26.7. The lowest BCUT2D eigenvalue weighted by atomic mass is 9.94. The summed E-state index contributed by atoms with van der Waals surface area (Å²) in [7, 11) is 0. The first-order valence-electron chi connectivity index (χ1n) is 16.2. The van der Waals surface area contributed by atoms with Gasteiger partial charge in [-0.3, -0.25) is 0 Å². The van der Waals surface area contributed by atoms with Crippen LogP contribution in [0.25, 0.3) is 82.1 Å². The molecule has 0 aliphatic heterocycles. The third-order valence-electron chi connectivity index (χ3n) is 9.57. The highest BCUT2D eigenvalue weighted by molar-refractivity contribution is 6.11. The van der Waals surface area contributed by atoms with E-state index in [0.29, 0.717) is 16.8 Å². The summed E-state index contributed by atoms with van der Waals surface area (Å²) in [6.45, 7) is 7.56. The minimum atomic E-state index is 0.581. The number of nitriles is 2. The number of rotatable bonds is 4. The fourth-order valence-electron chi connectivity index (χ4n) is 7.36. The van der Waals surface area contributed by atoms with Crippen LogP contribution in [0, 0.1) is 29.2 Å². The first kappa shape index (κ1) is 28.8. The Labute approximate surface area is 288 Å². The molecule has 2 aromatic heterocycles. The van der Waals surface area contributed by atoms with Crippen molar-refractivity contribution in [1.29, 1.82) is 10.5 Å². The average molecular weight is 636 g/mol. The molecular formula is C45H25N5. The molecule has 0 aliphatic carbocycles. The van der Waals surface area contributed by atoms with Gasteiger partial charge in [-0.25, -0.2) is 4.85 Å². The highest BCUT2D eigenvalue weighted by atomic mass is 15.0. The first-order valence-corrected chi connectivity index (χ1v) is 16.2. The Morgan fingerprint density at radius 3 is 1.46 bits per heavy atom. The van der Waals surface area contributed by atoms with Gasteiger partial charge in [-0.15, -0.1) is 0 Å². The van der Waals surface area contributed by atoms with Crippen LogP contribution in [0.5, 0.6) is 0 Å². The largest absolute Gasteiger partial charge is 0.309 e. The number of para-hydroxylation sites is 1. The van der Waals surface area contributed by atoms with Crippen molar-refractivity contribution >= 4 is 49.3 Å². The highest BCUT2D eigenvalue weighted by Gasteiger charge is 2.17. The van der Waals surface area contributed by atoms with Crippen molar-refractivity contribution in [1.82, 2.24) is 9.13 Å². The van der Waals surface area contributed by atoms with Gasteiger partial charge < -0.3 is 9.13 Å². The molecule has 230 valence electrons. The zero-order chi connectivity index (χ0) is 33.8. The minimum Gasteiger partial charge on any atom is -0.309 e. The molecule has 0 unspecified atom stereocenters. The van der Waals surface area contributed by atoms with Gasteiger partial charge in [0.1, 0.15) is 0 Å². The summed E-state index contributed by atoms with van der Waals surface area (Å²) in [5.74, 6) is 0. The SMILES string of the molecule is [C-]#[N+]c1ccc2c(c1)c1ccccc1n2-c1cccc(-c2ccccc2-c2cccc(-n3c4ccc(C#N)cc4c4cc(C#N)ccc43)c2)c1. The number of hydrogen-bond donors (Lipinski definition) is 0. The Balaban J connectivity index is 1.20. The normalized spacial score (nSPS) is 11.1. The molecule has 0 saturated carbocycles. The number of hydrogen-bond acceptors (Lipinski definition) is 2. The summed E-state index contributed by atoms with van der Waals surface area (Å²) in [4.78, 5) is 3.68. The predicted octanol–water partition coefficient (Wildman–Crippen LogP) is 11.5. The van der Waals surface area contributed by atoms with E-state index in [-0.39, 0.29) is 0 Å². The average Bonchev–Trinajstić information content (AvgIpc) is 3.69. The molecule has 0 saturated heterocycles. The monoisotopic (exact) mass is 635 g/mol. The van der Waals surface area contributed by atoms with E-state index in [1.165, 1.54) is 0 Å². The molecular weight excluding hydrogens is 611 g/mol. The molecule has 0 atom stereocenters. The maximum absolute atomic E-state index is 9.64. The third kappa shape index (κ3) is 4.45. The fraction of sp³-hybridized carbons (Fsp3) is 0. The summed E-state index contributed by atoms with van der Waals surface area (Å²) < 4.78 is 4.49. The van der Waals surface area contributed by atoms with E-state index in [9.17, 15) is 10.5 Å². The second-order valence-corrected chi connectivity index (χ2v) is 12.3. The molecule has 7 aromatic carbocycles. The Hall–Kier alpha value is -7.39. The Morgan fingerprint density at radius 1 is 0.440 bits per heavy atom. The highest BCUT2D eigenvalue weighted by Crippen LogP contribution is 2.39. The lowest BCUT2D eigenvalue weighted by molar-refractivity contribution is 1.18. The quantitative estimate of drug-likeness (QED) is 0.181. The van der Waals surface area contributed by atoms with E-state index in [1.807, 2.05) is 60.7 Å². The van der Waals surface area contributed by atoms with Crippen molar-refractivity contribution in [3.05, 3.63) is 174 Å². The van der Waals surface area contributed by atoms with E-state index in [4.69, 9.17) is 6.57 Å². The lowest BCUT2D eigenvalue weighted by Crippen LogP contribution is -1.96. The number of nitrogens with zero attached hydrogens (tertiary/aromatic N) is 5. The topological polar surface area (TPSA) is 61.8 Å². The Kier molecular flexibility index (Phi) is 6.56. The summed E-state index contributed by atoms with van der Waals surface area (Å²) in [5.41, 5.74) is 12.3. The molecule has 2 heterocycles. The standard InChI is InChI=1S/C45H25N5/c1-48-33-18-21-45-41(26-33)38-14-4-5-15-42(38)49(45)34-10-6-8-31(24-34)36-12-2-3-13-37(36)32-9-7-11-35(25-32)50-43-19-16-29(27-46)22-39(43)40-23-30(28-47)17-20-44(40)50/h2-26H. The van der Waals surface area contributed by atoms with Crippen LogP contribution < -0.4 is 0 Å². The zero-order valence-electron chi connectivity index (χ0n) is 26.7. The van der Waals surface area contributed by atoms with Crippen LogP contribution in [0.2, 0.25) is 0 Å². The molecule has 9 rings (SSSR count). The van der Waals surface area contributed by atoms with E-state index in [2.05, 4.69) is 117 Å². The van der Waals surface area contributed by atoms with E-state index >= 15 is 0 Å². The van der Waals surface area contributed by atoms with E-state index in [1.54, 1.807) is 0 Å². The summed E-state index contributed by atoms with van der Waals surface area (Å²) in [6.07, 6.45) is 0. The van der Waals surface area contributed by atoms with Crippen molar-refractivity contribution in [2.75, 3.05) is 0 Å². The van der Waals surface area contributed by atoms with Crippen LogP contribution in [0.1, 0.15) is 11.1 Å². The molecule has 9 aromatic rings. The molecule has 0 N–H and O–H groups in total. The van der Waals surface area contributed by atoms with Crippen molar-refractivity contribution in [2.24, 2.45) is 0 Å². The Morgan fingerprint density at radius 2 is 0.920 bits per heavy atom. The van der Waals surface area contributed by atoms with Crippen molar-refractivity contribution < 1.29 is 0 Å². The van der Waals surface area contributed by atoms with Crippen LogP contribution in [-0.4, -0.2) is 9.13 Å². The summed E-state index contributed by atoms with van der Waals surface area (Å²) >= 11 is 0. The van der Waals surface area contributed by atoms with Gasteiger partial charge >= 0.3 is 0 Å². The number of benzene rings is 7.